The van der Waals surface area contributed by atoms with Crippen LogP contribution in [-0.2, 0) is 16.6 Å². The molecule has 0 amide bonds. The summed E-state index contributed by atoms with van der Waals surface area (Å²) in [6.07, 6.45) is 4.95. The van der Waals surface area contributed by atoms with Crippen molar-refractivity contribution < 1.29 is 8.42 Å². The second-order valence-corrected chi connectivity index (χ2v) is 8.63. The van der Waals surface area contributed by atoms with Crippen LogP contribution in [0.2, 0.25) is 0 Å². The third-order valence-electron chi connectivity index (χ3n) is 3.56. The van der Waals surface area contributed by atoms with Gasteiger partial charge in [-0.05, 0) is 59.1 Å². The van der Waals surface area contributed by atoms with Crippen molar-refractivity contribution in [3.8, 4) is 0 Å². The summed E-state index contributed by atoms with van der Waals surface area (Å²) in [6.45, 7) is 0.393. The Balaban J connectivity index is 2.14. The summed E-state index contributed by atoms with van der Waals surface area (Å²) in [6, 6.07) is 5.15. The van der Waals surface area contributed by atoms with Crippen molar-refractivity contribution in [3.63, 3.8) is 0 Å². The third kappa shape index (κ3) is 3.76. The zero-order valence-corrected chi connectivity index (χ0v) is 14.5. The quantitative estimate of drug-likeness (QED) is 0.825. The maximum absolute atomic E-state index is 12.4. The highest BCUT2D eigenvalue weighted by molar-refractivity contribution is 9.10. The topological polar surface area (TPSA) is 72.2 Å². The van der Waals surface area contributed by atoms with Crippen LogP contribution in [0, 0.1) is 0 Å². The van der Waals surface area contributed by atoms with E-state index in [4.69, 9.17) is 5.73 Å². The molecule has 0 bridgehead atoms. The highest BCUT2D eigenvalue weighted by Gasteiger charge is 2.29. The molecule has 4 nitrogen and oxygen atoms in total. The first-order valence-corrected chi connectivity index (χ1v) is 10.1. The Morgan fingerprint density at radius 1 is 1.45 bits per heavy atom. The number of benzene rings is 1. The standard InChI is InChI=1S/C13H19BrN2O2S2/c1-19-11-4-3-10(7-11)16-20(17,18)13-5-2-9(8-15)6-12(13)14/h2,5-6,10-11,16H,3-4,7-8,15H2,1H3. The molecule has 20 heavy (non-hydrogen) atoms. The van der Waals surface area contributed by atoms with Gasteiger partial charge < -0.3 is 5.73 Å². The number of rotatable bonds is 5. The lowest BCUT2D eigenvalue weighted by Crippen LogP contribution is -2.33. The van der Waals surface area contributed by atoms with Crippen LogP contribution in [0.3, 0.4) is 0 Å². The van der Waals surface area contributed by atoms with Crippen LogP contribution >= 0.6 is 27.7 Å². The first-order valence-electron chi connectivity index (χ1n) is 6.50. The lowest BCUT2D eigenvalue weighted by atomic mass is 10.2. The molecule has 0 aromatic heterocycles. The molecule has 7 heteroatoms. The predicted octanol–water partition coefficient (Wildman–Crippen LogP) is 2.47. The second kappa shape index (κ2) is 6.79. The highest BCUT2D eigenvalue weighted by Crippen LogP contribution is 2.30. The van der Waals surface area contributed by atoms with E-state index in [-0.39, 0.29) is 10.9 Å². The van der Waals surface area contributed by atoms with Gasteiger partial charge in [-0.3, -0.25) is 0 Å². The molecule has 1 aromatic rings. The van der Waals surface area contributed by atoms with E-state index < -0.39 is 10.0 Å². The zero-order valence-electron chi connectivity index (χ0n) is 11.3. The van der Waals surface area contributed by atoms with Crippen molar-refractivity contribution >= 4 is 37.7 Å². The number of hydrogen-bond donors (Lipinski definition) is 2. The molecule has 0 aliphatic heterocycles. The molecule has 3 N–H and O–H groups in total. The van der Waals surface area contributed by atoms with E-state index in [0.29, 0.717) is 16.3 Å². The van der Waals surface area contributed by atoms with Crippen LogP contribution < -0.4 is 10.5 Å². The Morgan fingerprint density at radius 2 is 2.20 bits per heavy atom. The smallest absolute Gasteiger partial charge is 0.241 e. The minimum atomic E-state index is -3.48. The van der Waals surface area contributed by atoms with Crippen molar-refractivity contribution in [1.82, 2.24) is 4.72 Å². The number of halogens is 1. The van der Waals surface area contributed by atoms with Gasteiger partial charge in [0.25, 0.3) is 0 Å². The number of sulfonamides is 1. The largest absolute Gasteiger partial charge is 0.326 e. The number of hydrogen-bond acceptors (Lipinski definition) is 4. The molecule has 2 rings (SSSR count). The van der Waals surface area contributed by atoms with Gasteiger partial charge in [0.15, 0.2) is 0 Å². The zero-order chi connectivity index (χ0) is 14.8. The minimum Gasteiger partial charge on any atom is -0.326 e. The lowest BCUT2D eigenvalue weighted by molar-refractivity contribution is 0.552. The Hall–Kier alpha value is -0.0800. The Labute approximate surface area is 133 Å². The summed E-state index contributed by atoms with van der Waals surface area (Å²) >= 11 is 5.13. The van der Waals surface area contributed by atoms with Gasteiger partial charge in [-0.1, -0.05) is 6.07 Å². The normalized spacial score (nSPS) is 23.1. The molecule has 2 atom stereocenters. The summed E-state index contributed by atoms with van der Waals surface area (Å²) in [5.41, 5.74) is 6.45. The van der Waals surface area contributed by atoms with Crippen molar-refractivity contribution in [2.24, 2.45) is 5.73 Å². The van der Waals surface area contributed by atoms with Gasteiger partial charge in [0.1, 0.15) is 0 Å². The van der Waals surface area contributed by atoms with Crippen molar-refractivity contribution in [2.75, 3.05) is 6.26 Å². The van der Waals surface area contributed by atoms with E-state index >= 15 is 0 Å². The van der Waals surface area contributed by atoms with Gasteiger partial charge in [-0.25, -0.2) is 13.1 Å². The molecule has 1 saturated carbocycles. The number of nitrogens with one attached hydrogen (secondary N) is 1. The molecule has 1 aliphatic rings. The Morgan fingerprint density at radius 3 is 2.75 bits per heavy atom. The predicted molar refractivity (Wildman–Crippen MR) is 87.3 cm³/mol. The van der Waals surface area contributed by atoms with Gasteiger partial charge >= 0.3 is 0 Å². The van der Waals surface area contributed by atoms with E-state index in [2.05, 4.69) is 26.9 Å². The maximum atomic E-state index is 12.4. The first-order chi connectivity index (χ1) is 9.46. The summed E-state index contributed by atoms with van der Waals surface area (Å²) < 4.78 is 28.2. The Bertz CT molecular complexity index is 578. The maximum Gasteiger partial charge on any atom is 0.241 e. The molecule has 0 saturated heterocycles. The average molecular weight is 379 g/mol. The molecule has 1 fully saturated rings. The molecule has 0 heterocycles. The average Bonchev–Trinajstić information content (AvgIpc) is 2.85. The summed E-state index contributed by atoms with van der Waals surface area (Å²) in [5.74, 6) is 0. The van der Waals surface area contributed by atoms with Crippen LogP contribution in [0.15, 0.2) is 27.6 Å². The van der Waals surface area contributed by atoms with Crippen LogP contribution in [0.4, 0.5) is 0 Å². The molecular formula is C13H19BrN2O2S2. The number of nitrogens with two attached hydrogens (primary N) is 1. The van der Waals surface area contributed by atoms with Crippen LogP contribution in [-0.4, -0.2) is 26.0 Å². The molecule has 1 aliphatic carbocycles. The summed E-state index contributed by atoms with van der Waals surface area (Å²) in [4.78, 5) is 0.280. The molecule has 0 radical (unpaired) electrons. The minimum absolute atomic E-state index is 0.0403. The number of thioether (sulfide) groups is 1. The molecule has 2 unspecified atom stereocenters. The molecule has 112 valence electrons. The van der Waals surface area contributed by atoms with Crippen molar-refractivity contribution in [3.05, 3.63) is 28.2 Å². The van der Waals surface area contributed by atoms with Crippen LogP contribution in [0.1, 0.15) is 24.8 Å². The monoisotopic (exact) mass is 378 g/mol. The van der Waals surface area contributed by atoms with Crippen molar-refractivity contribution in [1.29, 1.82) is 0 Å². The van der Waals surface area contributed by atoms with E-state index in [1.807, 2.05) is 11.8 Å². The summed E-state index contributed by atoms with van der Waals surface area (Å²) in [5, 5.41) is 0.561. The van der Waals surface area contributed by atoms with E-state index in [9.17, 15) is 8.42 Å². The Kier molecular flexibility index (Phi) is 5.53. The van der Waals surface area contributed by atoms with Gasteiger partial charge in [0.2, 0.25) is 10.0 Å². The fourth-order valence-electron chi connectivity index (χ4n) is 2.43. The third-order valence-corrected chi connectivity index (χ3v) is 7.15. The van der Waals surface area contributed by atoms with Gasteiger partial charge in [0.05, 0.1) is 4.90 Å². The van der Waals surface area contributed by atoms with Crippen molar-refractivity contribution in [2.45, 2.75) is 42.0 Å². The fraction of sp³-hybridized carbons (Fsp3) is 0.538. The van der Waals surface area contributed by atoms with E-state index in [0.717, 1.165) is 24.8 Å². The fourth-order valence-corrected chi connectivity index (χ4v) is 5.64. The van der Waals surface area contributed by atoms with Crippen LogP contribution in [0.25, 0.3) is 0 Å². The van der Waals surface area contributed by atoms with Crippen LogP contribution in [0.5, 0.6) is 0 Å². The van der Waals surface area contributed by atoms with Gasteiger partial charge in [-0.15, -0.1) is 0 Å². The highest BCUT2D eigenvalue weighted by atomic mass is 79.9. The first kappa shape index (κ1) is 16.3. The molecular weight excluding hydrogens is 360 g/mol. The SMILES string of the molecule is CSC1CCC(NS(=O)(=O)c2ccc(CN)cc2Br)C1. The van der Waals surface area contributed by atoms with E-state index in [1.54, 1.807) is 18.2 Å². The van der Waals surface area contributed by atoms with Gasteiger partial charge in [0, 0.05) is 22.3 Å². The van der Waals surface area contributed by atoms with E-state index in [1.165, 1.54) is 0 Å². The summed E-state index contributed by atoms with van der Waals surface area (Å²) in [7, 11) is -3.48. The van der Waals surface area contributed by atoms with Gasteiger partial charge in [-0.2, -0.15) is 11.8 Å². The molecule has 0 spiro atoms. The lowest BCUT2D eigenvalue weighted by Gasteiger charge is -2.14. The molecule has 1 aromatic carbocycles. The second-order valence-electron chi connectivity index (χ2n) is 4.96.